The number of rotatable bonds is 0. The van der Waals surface area contributed by atoms with Crippen molar-refractivity contribution >= 4 is 10.8 Å². The second kappa shape index (κ2) is 1.24. The maximum atomic E-state index is 10.7. The van der Waals surface area contributed by atoms with E-state index in [-0.39, 0.29) is 5.43 Å². The van der Waals surface area contributed by atoms with Gasteiger partial charge >= 0.3 is 0 Å². The van der Waals surface area contributed by atoms with Crippen LogP contribution in [0, 0.1) is 6.92 Å². The molecule has 2 aromatic carbocycles. The van der Waals surface area contributed by atoms with E-state index in [0.29, 0.717) is 0 Å². The molecule has 0 saturated carbocycles. The Labute approximate surface area is 52.6 Å². The van der Waals surface area contributed by atoms with Crippen molar-refractivity contribution in [3.05, 3.63) is 34.0 Å². The molecule has 0 aromatic heterocycles. The molecule has 2 aromatic rings. The van der Waals surface area contributed by atoms with Crippen molar-refractivity contribution in [2.24, 2.45) is 0 Å². The number of benzene rings is 1. The Morgan fingerprint density at radius 1 is 1.22 bits per heavy atom. The first-order valence-electron chi connectivity index (χ1n) is 2.94. The number of fused-ring (bicyclic) bond motifs is 1. The van der Waals surface area contributed by atoms with Gasteiger partial charge in [-0.05, 0) is 13.0 Å². The summed E-state index contributed by atoms with van der Waals surface area (Å²) in [6.45, 7) is 1.99. The lowest BCUT2D eigenvalue weighted by Crippen LogP contribution is -1.66. The molecule has 0 aliphatic rings. The minimum Gasteiger partial charge on any atom is -0.289 e. The van der Waals surface area contributed by atoms with E-state index in [1.165, 1.54) is 5.56 Å². The fourth-order valence-electron chi connectivity index (χ4n) is 0.998. The predicted octanol–water partition coefficient (Wildman–Crippen LogP) is 1.38. The van der Waals surface area contributed by atoms with Gasteiger partial charge in [0, 0.05) is 10.8 Å². The second-order valence-corrected chi connectivity index (χ2v) is 2.38. The highest BCUT2D eigenvalue weighted by molar-refractivity contribution is 5.97. The standard InChI is InChI=1S/C8H6O/c1-5-2-3-6-7(4-5)8(6)9/h2-4H,1H3. The van der Waals surface area contributed by atoms with Crippen LogP contribution in [0.4, 0.5) is 0 Å². The van der Waals surface area contributed by atoms with Crippen molar-refractivity contribution < 1.29 is 0 Å². The largest absolute Gasteiger partial charge is 0.289 e. The van der Waals surface area contributed by atoms with E-state index in [4.69, 9.17) is 0 Å². The van der Waals surface area contributed by atoms with Crippen LogP contribution in [0.25, 0.3) is 10.8 Å². The smallest absolute Gasteiger partial charge is 0.194 e. The number of hydrogen-bond acceptors (Lipinski definition) is 1. The van der Waals surface area contributed by atoms with Gasteiger partial charge in [0.05, 0.1) is 0 Å². The first-order chi connectivity index (χ1) is 4.29. The van der Waals surface area contributed by atoms with Gasteiger partial charge in [-0.2, -0.15) is 0 Å². The fraction of sp³-hybridized carbons (Fsp3) is 0.125. The van der Waals surface area contributed by atoms with Crippen LogP contribution in [0.3, 0.4) is 0 Å². The zero-order valence-corrected chi connectivity index (χ0v) is 5.14. The Balaban J connectivity index is 2.89. The molecule has 0 bridgehead atoms. The maximum absolute atomic E-state index is 10.7. The average molecular weight is 118 g/mol. The lowest BCUT2D eigenvalue weighted by Gasteiger charge is -1.80. The lowest BCUT2D eigenvalue weighted by atomic mass is 10.2. The molecule has 0 radical (unpaired) electrons. The Hall–Kier alpha value is -1.11. The van der Waals surface area contributed by atoms with Crippen molar-refractivity contribution in [2.45, 2.75) is 6.92 Å². The molecule has 1 nitrogen and oxygen atoms in total. The molecule has 0 fully saturated rings. The van der Waals surface area contributed by atoms with Crippen LogP contribution in [0.1, 0.15) is 5.56 Å². The van der Waals surface area contributed by atoms with Gasteiger partial charge in [-0.25, -0.2) is 0 Å². The fourth-order valence-corrected chi connectivity index (χ4v) is 0.998. The molecular weight excluding hydrogens is 112 g/mol. The van der Waals surface area contributed by atoms with E-state index in [0.717, 1.165) is 10.8 Å². The lowest BCUT2D eigenvalue weighted by molar-refractivity contribution is 1.52. The molecule has 0 N–H and O–H groups in total. The highest BCUT2D eigenvalue weighted by atomic mass is 16.1. The molecule has 44 valence electrons. The van der Waals surface area contributed by atoms with E-state index < -0.39 is 0 Å². The third-order valence-corrected chi connectivity index (χ3v) is 1.60. The predicted molar refractivity (Wildman–Crippen MR) is 37.3 cm³/mol. The van der Waals surface area contributed by atoms with Crippen molar-refractivity contribution in [1.29, 1.82) is 0 Å². The third-order valence-electron chi connectivity index (χ3n) is 1.60. The number of hydrogen-bond donors (Lipinski definition) is 0. The minimum absolute atomic E-state index is 0.225. The molecule has 0 spiro atoms. The quantitative estimate of drug-likeness (QED) is 0.510. The summed E-state index contributed by atoms with van der Waals surface area (Å²) in [5.74, 6) is 0. The molecule has 0 amide bonds. The molecule has 0 saturated heterocycles. The first-order valence-corrected chi connectivity index (χ1v) is 2.94. The molecule has 0 heterocycles. The van der Waals surface area contributed by atoms with E-state index in [9.17, 15) is 4.79 Å². The molecule has 0 unspecified atom stereocenters. The topological polar surface area (TPSA) is 17.1 Å². The Bertz CT molecular complexity index is 364. The minimum atomic E-state index is 0.225. The van der Waals surface area contributed by atoms with Gasteiger partial charge in [-0.15, -0.1) is 0 Å². The van der Waals surface area contributed by atoms with Crippen molar-refractivity contribution in [1.82, 2.24) is 0 Å². The van der Waals surface area contributed by atoms with E-state index >= 15 is 0 Å². The van der Waals surface area contributed by atoms with Crippen LogP contribution in [-0.2, 0) is 0 Å². The second-order valence-electron chi connectivity index (χ2n) is 2.38. The van der Waals surface area contributed by atoms with Crippen LogP contribution in [0.2, 0.25) is 0 Å². The zero-order valence-electron chi connectivity index (χ0n) is 5.14. The van der Waals surface area contributed by atoms with E-state index in [2.05, 4.69) is 0 Å². The summed E-state index contributed by atoms with van der Waals surface area (Å²) in [6, 6.07) is 5.77. The average Bonchev–Trinajstić information content (AvgIpc) is 2.43. The summed E-state index contributed by atoms with van der Waals surface area (Å²) in [4.78, 5) is 10.7. The Kier molecular flexibility index (Phi) is 0.652. The van der Waals surface area contributed by atoms with Crippen LogP contribution >= 0.6 is 0 Å². The maximum Gasteiger partial charge on any atom is 0.194 e. The molecule has 0 atom stereocenters. The summed E-state index contributed by atoms with van der Waals surface area (Å²) in [6.07, 6.45) is 0. The van der Waals surface area contributed by atoms with Crippen molar-refractivity contribution in [3.63, 3.8) is 0 Å². The monoisotopic (exact) mass is 118 g/mol. The molecule has 0 aliphatic heterocycles. The van der Waals surface area contributed by atoms with E-state index in [1.54, 1.807) is 0 Å². The zero-order chi connectivity index (χ0) is 6.43. The van der Waals surface area contributed by atoms with Crippen LogP contribution in [0.5, 0.6) is 0 Å². The normalized spacial score (nSPS) is 11.2. The highest BCUT2D eigenvalue weighted by Crippen LogP contribution is 2.14. The van der Waals surface area contributed by atoms with Crippen LogP contribution in [-0.4, -0.2) is 0 Å². The van der Waals surface area contributed by atoms with Crippen LogP contribution in [0.15, 0.2) is 23.0 Å². The molecule has 9 heavy (non-hydrogen) atoms. The van der Waals surface area contributed by atoms with E-state index in [1.807, 2.05) is 25.1 Å². The summed E-state index contributed by atoms with van der Waals surface area (Å²) in [7, 11) is 0. The van der Waals surface area contributed by atoms with Gasteiger partial charge in [0.1, 0.15) is 0 Å². The third kappa shape index (κ3) is 0.515. The van der Waals surface area contributed by atoms with Gasteiger partial charge in [-0.1, -0.05) is 17.7 Å². The van der Waals surface area contributed by atoms with Crippen molar-refractivity contribution in [2.75, 3.05) is 0 Å². The summed E-state index contributed by atoms with van der Waals surface area (Å²) >= 11 is 0. The first kappa shape index (κ1) is 4.74. The Morgan fingerprint density at radius 3 is 2.56 bits per heavy atom. The summed E-state index contributed by atoms with van der Waals surface area (Å²) in [5.41, 5.74) is 1.39. The molecule has 1 heteroatoms. The highest BCUT2D eigenvalue weighted by Gasteiger charge is 2.09. The summed E-state index contributed by atoms with van der Waals surface area (Å²) in [5, 5.41) is 1.82. The van der Waals surface area contributed by atoms with Gasteiger partial charge in [0.2, 0.25) is 0 Å². The van der Waals surface area contributed by atoms with Gasteiger partial charge in [0.15, 0.2) is 5.43 Å². The molecule has 2 rings (SSSR count). The summed E-state index contributed by atoms with van der Waals surface area (Å²) < 4.78 is 0. The van der Waals surface area contributed by atoms with Gasteiger partial charge < -0.3 is 0 Å². The SMILES string of the molecule is Cc1ccc2c(=O)c2c1. The molecule has 0 aliphatic carbocycles. The van der Waals surface area contributed by atoms with Gasteiger partial charge in [0.25, 0.3) is 0 Å². The van der Waals surface area contributed by atoms with Crippen molar-refractivity contribution in [3.8, 4) is 0 Å². The number of aryl methyl sites for hydroxylation is 1. The van der Waals surface area contributed by atoms with Gasteiger partial charge in [-0.3, -0.25) is 4.79 Å². The Morgan fingerprint density at radius 2 is 2.00 bits per heavy atom. The molecular formula is C8H6O. The van der Waals surface area contributed by atoms with Crippen LogP contribution < -0.4 is 5.43 Å².